The quantitative estimate of drug-likeness (QED) is 0.815. The van der Waals surface area contributed by atoms with E-state index >= 15 is 0 Å². The maximum Gasteiger partial charge on any atom is 0.119 e. The summed E-state index contributed by atoms with van der Waals surface area (Å²) in [4.78, 5) is 0. The van der Waals surface area contributed by atoms with Crippen molar-refractivity contribution in [3.05, 3.63) is 29.8 Å². The summed E-state index contributed by atoms with van der Waals surface area (Å²) in [7, 11) is 1.71. The molecule has 3 heteroatoms. The summed E-state index contributed by atoms with van der Waals surface area (Å²) in [6.45, 7) is 1.84. The van der Waals surface area contributed by atoms with Gasteiger partial charge in [0, 0.05) is 12.1 Å². The van der Waals surface area contributed by atoms with Gasteiger partial charge in [0.15, 0.2) is 0 Å². The Kier molecular flexibility index (Phi) is 4.02. The largest absolute Gasteiger partial charge is 0.497 e. The molecule has 0 aromatic heterocycles. The minimum Gasteiger partial charge on any atom is -0.497 e. The lowest BCUT2D eigenvalue weighted by Gasteiger charge is -2.27. The van der Waals surface area contributed by atoms with Gasteiger partial charge in [0.25, 0.3) is 0 Å². The molecule has 3 nitrogen and oxygen atoms in total. The second kappa shape index (κ2) is 5.52. The van der Waals surface area contributed by atoms with E-state index in [4.69, 9.17) is 10.5 Å². The fourth-order valence-corrected chi connectivity index (χ4v) is 2.57. The maximum atomic E-state index is 5.90. The highest BCUT2D eigenvalue weighted by atomic mass is 16.5. The summed E-state index contributed by atoms with van der Waals surface area (Å²) in [5.74, 6) is 0.934. The van der Waals surface area contributed by atoms with E-state index in [0.717, 1.165) is 31.7 Å². The molecule has 0 bridgehead atoms. The highest BCUT2D eigenvalue weighted by molar-refractivity contribution is 5.28. The Labute approximate surface area is 103 Å². The average molecular weight is 234 g/mol. The van der Waals surface area contributed by atoms with E-state index in [2.05, 4.69) is 17.4 Å². The van der Waals surface area contributed by atoms with Crippen LogP contribution < -0.4 is 15.8 Å². The van der Waals surface area contributed by atoms with Gasteiger partial charge in [-0.3, -0.25) is 0 Å². The summed E-state index contributed by atoms with van der Waals surface area (Å²) >= 11 is 0. The van der Waals surface area contributed by atoms with Crippen LogP contribution in [0.5, 0.6) is 5.75 Å². The lowest BCUT2D eigenvalue weighted by atomic mass is 9.90. The Morgan fingerprint density at radius 2 is 2.35 bits per heavy atom. The number of hydrogen-bond donors (Lipinski definition) is 2. The van der Waals surface area contributed by atoms with Gasteiger partial charge in [-0.15, -0.1) is 0 Å². The summed E-state index contributed by atoms with van der Waals surface area (Å²) in [5, 5.41) is 3.56. The van der Waals surface area contributed by atoms with E-state index in [9.17, 15) is 0 Å². The van der Waals surface area contributed by atoms with Crippen LogP contribution in [0.25, 0.3) is 0 Å². The van der Waals surface area contributed by atoms with Crippen LogP contribution in [0.1, 0.15) is 24.8 Å². The Morgan fingerprint density at radius 1 is 1.47 bits per heavy atom. The van der Waals surface area contributed by atoms with Crippen molar-refractivity contribution in [3.8, 4) is 5.75 Å². The molecule has 2 rings (SSSR count). The molecule has 0 aliphatic carbocycles. The third kappa shape index (κ3) is 2.99. The van der Waals surface area contributed by atoms with Crippen molar-refractivity contribution in [2.45, 2.75) is 31.2 Å². The molecule has 0 amide bonds. The number of ether oxygens (including phenoxy) is 1. The van der Waals surface area contributed by atoms with Crippen LogP contribution in [0.3, 0.4) is 0 Å². The average Bonchev–Trinajstić information content (AvgIpc) is 2.86. The van der Waals surface area contributed by atoms with Gasteiger partial charge in [-0.25, -0.2) is 0 Å². The van der Waals surface area contributed by atoms with E-state index in [1.165, 1.54) is 18.4 Å². The fourth-order valence-electron chi connectivity index (χ4n) is 2.57. The fraction of sp³-hybridized carbons (Fsp3) is 0.571. The normalized spacial score (nSPS) is 23.9. The molecular weight excluding hydrogens is 212 g/mol. The first-order valence-corrected chi connectivity index (χ1v) is 6.36. The molecule has 0 radical (unpaired) electrons. The number of benzene rings is 1. The second-order valence-electron chi connectivity index (χ2n) is 4.87. The summed E-state index contributed by atoms with van der Waals surface area (Å²) in [6.07, 6.45) is 4.61. The molecule has 1 aliphatic heterocycles. The van der Waals surface area contributed by atoms with Crippen molar-refractivity contribution in [1.29, 1.82) is 0 Å². The van der Waals surface area contributed by atoms with E-state index in [1.807, 2.05) is 12.1 Å². The lowest BCUT2D eigenvalue weighted by molar-refractivity contribution is 0.358. The predicted molar refractivity (Wildman–Crippen MR) is 70.3 cm³/mol. The molecule has 1 fully saturated rings. The maximum absolute atomic E-state index is 5.90. The van der Waals surface area contributed by atoms with E-state index < -0.39 is 0 Å². The van der Waals surface area contributed by atoms with E-state index in [1.54, 1.807) is 7.11 Å². The molecule has 17 heavy (non-hydrogen) atoms. The minimum atomic E-state index is 0.170. The van der Waals surface area contributed by atoms with E-state index in [0.29, 0.717) is 0 Å². The third-order valence-corrected chi connectivity index (χ3v) is 3.75. The van der Waals surface area contributed by atoms with Crippen LogP contribution in [0.2, 0.25) is 0 Å². The zero-order chi connectivity index (χ0) is 12.1. The molecule has 1 aliphatic rings. The molecule has 94 valence electrons. The smallest absolute Gasteiger partial charge is 0.119 e. The zero-order valence-electron chi connectivity index (χ0n) is 10.5. The molecule has 3 N–H and O–H groups in total. The number of hydrogen-bond acceptors (Lipinski definition) is 3. The van der Waals surface area contributed by atoms with Gasteiger partial charge in [0.05, 0.1) is 7.11 Å². The van der Waals surface area contributed by atoms with Gasteiger partial charge < -0.3 is 15.8 Å². The first kappa shape index (κ1) is 12.4. The molecule has 1 aromatic rings. The molecule has 1 unspecified atom stereocenters. The van der Waals surface area contributed by atoms with Crippen molar-refractivity contribution in [2.75, 3.05) is 20.2 Å². The number of aryl methyl sites for hydroxylation is 1. The Morgan fingerprint density at radius 3 is 3.00 bits per heavy atom. The highest BCUT2D eigenvalue weighted by Crippen LogP contribution is 2.24. The number of methoxy groups -OCH3 is 1. The van der Waals surface area contributed by atoms with Gasteiger partial charge in [-0.1, -0.05) is 12.1 Å². The van der Waals surface area contributed by atoms with Crippen molar-refractivity contribution in [1.82, 2.24) is 5.32 Å². The molecule has 1 heterocycles. The lowest BCUT2D eigenvalue weighted by Crippen LogP contribution is -2.46. The first-order valence-electron chi connectivity index (χ1n) is 6.36. The van der Waals surface area contributed by atoms with Crippen LogP contribution >= 0.6 is 0 Å². The van der Waals surface area contributed by atoms with Crippen molar-refractivity contribution >= 4 is 0 Å². The van der Waals surface area contributed by atoms with E-state index in [-0.39, 0.29) is 5.54 Å². The summed E-state index contributed by atoms with van der Waals surface area (Å²) in [6, 6.07) is 8.29. The van der Waals surface area contributed by atoms with Crippen LogP contribution in [-0.2, 0) is 6.42 Å². The van der Waals surface area contributed by atoms with Gasteiger partial charge >= 0.3 is 0 Å². The highest BCUT2D eigenvalue weighted by Gasteiger charge is 2.31. The van der Waals surface area contributed by atoms with Gasteiger partial charge in [-0.2, -0.15) is 0 Å². The monoisotopic (exact) mass is 234 g/mol. The Hall–Kier alpha value is -1.06. The van der Waals surface area contributed by atoms with Crippen LogP contribution in [0.4, 0.5) is 0 Å². The van der Waals surface area contributed by atoms with Crippen LogP contribution in [-0.4, -0.2) is 25.7 Å². The van der Waals surface area contributed by atoms with Crippen molar-refractivity contribution in [2.24, 2.45) is 5.73 Å². The number of nitrogens with one attached hydrogen (secondary N) is 1. The van der Waals surface area contributed by atoms with Crippen molar-refractivity contribution in [3.63, 3.8) is 0 Å². The molecule has 1 atom stereocenters. The standard InChI is InChI=1S/C14H22N2O/c1-17-13-5-2-4-12(10-13)6-8-14(11-15)7-3-9-16-14/h2,4-5,10,16H,3,6-9,11,15H2,1H3. The topological polar surface area (TPSA) is 47.3 Å². The molecule has 1 aromatic carbocycles. The zero-order valence-corrected chi connectivity index (χ0v) is 10.5. The molecular formula is C14H22N2O. The molecule has 0 spiro atoms. The van der Waals surface area contributed by atoms with Gasteiger partial charge in [0.2, 0.25) is 0 Å². The summed E-state index contributed by atoms with van der Waals surface area (Å²) < 4.78 is 5.24. The minimum absolute atomic E-state index is 0.170. The second-order valence-corrected chi connectivity index (χ2v) is 4.87. The first-order chi connectivity index (χ1) is 8.28. The number of nitrogens with two attached hydrogens (primary N) is 1. The Bertz CT molecular complexity index is 359. The molecule has 0 saturated carbocycles. The van der Waals surface area contributed by atoms with Gasteiger partial charge in [0.1, 0.15) is 5.75 Å². The number of rotatable bonds is 5. The van der Waals surface area contributed by atoms with Crippen molar-refractivity contribution < 1.29 is 4.74 Å². The van der Waals surface area contributed by atoms with Gasteiger partial charge in [-0.05, 0) is 49.9 Å². The van der Waals surface area contributed by atoms with Crippen LogP contribution in [0.15, 0.2) is 24.3 Å². The van der Waals surface area contributed by atoms with Crippen LogP contribution in [0, 0.1) is 0 Å². The third-order valence-electron chi connectivity index (χ3n) is 3.75. The Balaban J connectivity index is 1.96. The molecule has 1 saturated heterocycles. The predicted octanol–water partition coefficient (Wildman–Crippen LogP) is 1.71. The summed E-state index contributed by atoms with van der Waals surface area (Å²) in [5.41, 5.74) is 7.40. The SMILES string of the molecule is COc1cccc(CCC2(CN)CCCN2)c1.